The Balaban J connectivity index is 2.02. The standard InChI is InChI=1S/C18H18F3NO2/c19-18(20,21)17(23)15-7-6-14(12-13-4-2-1-3-5-13)16(15)22-8-10-24-11-9-22/h1-5,12H,6-11H2. The lowest BCUT2D eigenvalue weighted by Crippen LogP contribution is -2.37. The van der Waals surface area contributed by atoms with Crippen molar-refractivity contribution in [1.82, 2.24) is 4.90 Å². The Hall–Kier alpha value is -2.08. The van der Waals surface area contributed by atoms with Gasteiger partial charge in [-0.3, -0.25) is 4.79 Å². The van der Waals surface area contributed by atoms with Gasteiger partial charge in [0.1, 0.15) is 0 Å². The molecule has 0 saturated carbocycles. The number of rotatable bonds is 3. The Labute approximate surface area is 138 Å². The maximum Gasteiger partial charge on any atom is 0.454 e. The number of alkyl halides is 3. The van der Waals surface area contributed by atoms with Crippen molar-refractivity contribution in [2.24, 2.45) is 0 Å². The van der Waals surface area contributed by atoms with Gasteiger partial charge in [0.05, 0.1) is 13.2 Å². The van der Waals surface area contributed by atoms with Gasteiger partial charge in [-0.15, -0.1) is 0 Å². The fraction of sp³-hybridized carbons (Fsp3) is 0.389. The van der Waals surface area contributed by atoms with Gasteiger partial charge in [0.25, 0.3) is 5.78 Å². The highest BCUT2D eigenvalue weighted by Crippen LogP contribution is 2.39. The third-order valence-electron chi connectivity index (χ3n) is 4.23. The average molecular weight is 337 g/mol. The zero-order chi connectivity index (χ0) is 17.2. The molecule has 1 saturated heterocycles. The summed E-state index contributed by atoms with van der Waals surface area (Å²) >= 11 is 0. The monoisotopic (exact) mass is 337 g/mol. The van der Waals surface area contributed by atoms with Crippen molar-refractivity contribution in [2.45, 2.75) is 19.0 Å². The largest absolute Gasteiger partial charge is 0.454 e. The summed E-state index contributed by atoms with van der Waals surface area (Å²) < 4.78 is 44.1. The van der Waals surface area contributed by atoms with Crippen LogP contribution in [-0.2, 0) is 9.53 Å². The molecule has 3 rings (SSSR count). The number of benzene rings is 1. The number of Topliss-reactive ketones (excluding diaryl/α,β-unsaturated/α-hetero) is 1. The molecule has 1 aromatic carbocycles. The Morgan fingerprint density at radius 1 is 1.08 bits per heavy atom. The molecule has 3 nitrogen and oxygen atoms in total. The Kier molecular flexibility index (Phi) is 4.76. The molecular weight excluding hydrogens is 319 g/mol. The third kappa shape index (κ3) is 3.53. The highest BCUT2D eigenvalue weighted by Gasteiger charge is 2.44. The summed E-state index contributed by atoms with van der Waals surface area (Å²) in [7, 11) is 0. The fourth-order valence-corrected chi connectivity index (χ4v) is 3.15. The average Bonchev–Trinajstić information content (AvgIpc) is 2.98. The van der Waals surface area contributed by atoms with Crippen molar-refractivity contribution < 1.29 is 22.7 Å². The molecule has 24 heavy (non-hydrogen) atoms. The van der Waals surface area contributed by atoms with Gasteiger partial charge in [-0.1, -0.05) is 30.3 Å². The van der Waals surface area contributed by atoms with Gasteiger partial charge in [0.15, 0.2) is 0 Å². The molecule has 6 heteroatoms. The molecule has 0 atom stereocenters. The molecule has 0 spiro atoms. The first-order valence-electron chi connectivity index (χ1n) is 7.90. The van der Waals surface area contributed by atoms with Gasteiger partial charge in [-0.25, -0.2) is 0 Å². The van der Waals surface area contributed by atoms with Crippen LogP contribution in [0.4, 0.5) is 13.2 Å². The number of hydrogen-bond donors (Lipinski definition) is 0. The molecule has 0 radical (unpaired) electrons. The van der Waals surface area contributed by atoms with Gasteiger partial charge < -0.3 is 9.64 Å². The number of hydrogen-bond acceptors (Lipinski definition) is 3. The number of nitrogens with zero attached hydrogens (tertiary/aromatic N) is 1. The fourth-order valence-electron chi connectivity index (χ4n) is 3.15. The minimum Gasteiger partial charge on any atom is -0.378 e. The summed E-state index contributed by atoms with van der Waals surface area (Å²) in [6.07, 6.45) is -2.39. The summed E-state index contributed by atoms with van der Waals surface area (Å²) in [5, 5.41) is 0. The SMILES string of the molecule is O=C(C1=C(N2CCOCC2)C(=Cc2ccccc2)CC1)C(F)(F)F. The number of ketones is 1. The number of ether oxygens (including phenoxy) is 1. The van der Waals surface area contributed by atoms with Gasteiger partial charge >= 0.3 is 6.18 Å². The van der Waals surface area contributed by atoms with E-state index in [2.05, 4.69) is 0 Å². The van der Waals surface area contributed by atoms with Crippen LogP contribution >= 0.6 is 0 Å². The summed E-state index contributed by atoms with van der Waals surface area (Å²) in [5.74, 6) is -1.72. The van der Waals surface area contributed by atoms with Crippen LogP contribution in [0.1, 0.15) is 18.4 Å². The highest BCUT2D eigenvalue weighted by molar-refractivity contribution is 6.01. The third-order valence-corrected chi connectivity index (χ3v) is 4.23. The maximum atomic E-state index is 12.9. The predicted molar refractivity (Wildman–Crippen MR) is 84.1 cm³/mol. The lowest BCUT2D eigenvalue weighted by atomic mass is 10.1. The first kappa shape index (κ1) is 16.8. The molecule has 1 aliphatic carbocycles. The van der Waals surface area contributed by atoms with Gasteiger partial charge in [-0.05, 0) is 30.1 Å². The maximum absolute atomic E-state index is 12.9. The van der Waals surface area contributed by atoms with Crippen LogP contribution in [0.25, 0.3) is 6.08 Å². The van der Waals surface area contributed by atoms with E-state index in [1.807, 2.05) is 41.3 Å². The summed E-state index contributed by atoms with van der Waals surface area (Å²) in [4.78, 5) is 13.7. The van der Waals surface area contributed by atoms with Crippen molar-refractivity contribution >= 4 is 11.9 Å². The first-order chi connectivity index (χ1) is 11.5. The van der Waals surface area contributed by atoms with E-state index in [-0.39, 0.29) is 12.0 Å². The van der Waals surface area contributed by atoms with E-state index in [1.165, 1.54) is 0 Å². The second-order valence-corrected chi connectivity index (χ2v) is 5.83. The summed E-state index contributed by atoms with van der Waals surface area (Å²) in [6.45, 7) is 1.90. The molecule has 0 aromatic heterocycles. The molecule has 128 valence electrons. The zero-order valence-electron chi connectivity index (χ0n) is 13.1. The minimum atomic E-state index is -4.84. The quantitative estimate of drug-likeness (QED) is 0.844. The molecule has 0 amide bonds. The normalized spacial score (nSPS) is 20.8. The summed E-state index contributed by atoms with van der Waals surface area (Å²) in [6, 6.07) is 9.43. The first-order valence-corrected chi connectivity index (χ1v) is 7.90. The van der Waals surface area contributed by atoms with E-state index in [0.717, 1.165) is 11.1 Å². The number of morpholine rings is 1. The molecule has 1 heterocycles. The molecule has 0 unspecified atom stereocenters. The van der Waals surface area contributed by atoms with Crippen molar-refractivity contribution in [3.63, 3.8) is 0 Å². The topological polar surface area (TPSA) is 29.5 Å². The van der Waals surface area contributed by atoms with E-state index in [1.54, 1.807) is 0 Å². The van der Waals surface area contributed by atoms with Gasteiger partial charge in [0.2, 0.25) is 0 Å². The molecular formula is C18H18F3NO2. The lowest BCUT2D eigenvalue weighted by molar-refractivity contribution is -0.166. The van der Waals surface area contributed by atoms with Gasteiger partial charge in [0, 0.05) is 24.4 Å². The van der Waals surface area contributed by atoms with Crippen LogP contribution in [0.2, 0.25) is 0 Å². The van der Waals surface area contributed by atoms with E-state index in [4.69, 9.17) is 4.74 Å². The van der Waals surface area contributed by atoms with Crippen LogP contribution in [0, 0.1) is 0 Å². The molecule has 1 aromatic rings. The Morgan fingerprint density at radius 2 is 1.75 bits per heavy atom. The number of halogens is 3. The van der Waals surface area contributed by atoms with Crippen LogP contribution in [-0.4, -0.2) is 43.2 Å². The van der Waals surface area contributed by atoms with E-state index < -0.39 is 12.0 Å². The molecule has 0 N–H and O–H groups in total. The molecule has 0 bridgehead atoms. The minimum absolute atomic E-state index is 0.119. The highest BCUT2D eigenvalue weighted by atomic mass is 19.4. The summed E-state index contributed by atoms with van der Waals surface area (Å²) in [5.41, 5.74) is 2.03. The van der Waals surface area contributed by atoms with Crippen LogP contribution in [0.5, 0.6) is 0 Å². The van der Waals surface area contributed by atoms with E-state index >= 15 is 0 Å². The number of allylic oxidation sites excluding steroid dienone is 2. The van der Waals surface area contributed by atoms with Crippen LogP contribution < -0.4 is 0 Å². The Morgan fingerprint density at radius 3 is 2.38 bits per heavy atom. The lowest BCUT2D eigenvalue weighted by Gasteiger charge is -2.31. The zero-order valence-corrected chi connectivity index (χ0v) is 13.1. The number of carbonyl (C=O) groups is 1. The van der Waals surface area contributed by atoms with E-state index in [9.17, 15) is 18.0 Å². The van der Waals surface area contributed by atoms with E-state index in [0.29, 0.717) is 38.4 Å². The molecule has 2 aliphatic rings. The van der Waals surface area contributed by atoms with Crippen molar-refractivity contribution in [3.05, 3.63) is 52.7 Å². The van der Waals surface area contributed by atoms with Crippen LogP contribution in [0.15, 0.2) is 47.2 Å². The molecule has 1 fully saturated rings. The predicted octanol–water partition coefficient (Wildman–Crippen LogP) is 3.58. The van der Waals surface area contributed by atoms with Crippen molar-refractivity contribution in [1.29, 1.82) is 0 Å². The Bertz CT molecular complexity index is 671. The smallest absolute Gasteiger partial charge is 0.378 e. The second kappa shape index (κ2) is 6.81. The van der Waals surface area contributed by atoms with Gasteiger partial charge in [-0.2, -0.15) is 13.2 Å². The number of carbonyl (C=O) groups excluding carboxylic acids is 1. The van der Waals surface area contributed by atoms with Crippen molar-refractivity contribution in [2.75, 3.05) is 26.3 Å². The second-order valence-electron chi connectivity index (χ2n) is 5.83. The molecule has 1 aliphatic heterocycles. The van der Waals surface area contributed by atoms with Crippen molar-refractivity contribution in [3.8, 4) is 0 Å². The van der Waals surface area contributed by atoms with Crippen LogP contribution in [0.3, 0.4) is 0 Å².